The molecule has 1 nitrogen and oxygen atoms in total. The lowest BCUT2D eigenvalue weighted by molar-refractivity contribution is 0.751. The molecule has 0 bridgehead atoms. The van der Waals surface area contributed by atoms with E-state index < -0.39 is 0 Å². The molecule has 1 heterocycles. The fourth-order valence-corrected chi connectivity index (χ4v) is 3.90. The van der Waals surface area contributed by atoms with Gasteiger partial charge in [0.15, 0.2) is 0 Å². The molecule has 0 fully saturated rings. The van der Waals surface area contributed by atoms with Gasteiger partial charge in [0, 0.05) is 21.5 Å². The second-order valence-electron chi connectivity index (χ2n) is 6.58. The zero-order valence-electron chi connectivity index (χ0n) is 14.3. The zero-order valence-corrected chi connectivity index (χ0v) is 15.8. The van der Waals surface area contributed by atoms with Gasteiger partial charge >= 0.3 is 0 Å². The van der Waals surface area contributed by atoms with Crippen molar-refractivity contribution < 1.29 is 0 Å². The first-order chi connectivity index (χ1) is 12.7. The quantitative estimate of drug-likeness (QED) is 0.436. The summed E-state index contributed by atoms with van der Waals surface area (Å²) in [5, 5.41) is 0.913. The molecule has 1 atom stereocenters. The van der Waals surface area contributed by atoms with E-state index in [2.05, 4.69) is 30.3 Å². The van der Waals surface area contributed by atoms with Crippen LogP contribution in [0.2, 0.25) is 5.02 Å². The van der Waals surface area contributed by atoms with Crippen molar-refractivity contribution in [3.05, 3.63) is 83.4 Å². The highest BCUT2D eigenvalue weighted by molar-refractivity contribution is 6.33. The topological polar surface area (TPSA) is 12.9 Å². The van der Waals surface area contributed by atoms with E-state index in [1.54, 1.807) is 0 Å². The molecule has 1 aromatic heterocycles. The van der Waals surface area contributed by atoms with Gasteiger partial charge in [-0.1, -0.05) is 66.2 Å². The summed E-state index contributed by atoms with van der Waals surface area (Å²) in [5.41, 5.74) is 6.37. The summed E-state index contributed by atoms with van der Waals surface area (Å²) in [4.78, 5) is 4.90. The SMILES string of the molecule is Clc1ccccc1-c1cc(C2=CCCC(Cl)C2)cc(-c2ccccc2)n1. The number of halogens is 2. The lowest BCUT2D eigenvalue weighted by atomic mass is 9.92. The van der Waals surface area contributed by atoms with E-state index in [0.717, 1.165) is 41.8 Å². The number of aromatic nitrogens is 1. The summed E-state index contributed by atoms with van der Waals surface area (Å²) >= 11 is 12.9. The van der Waals surface area contributed by atoms with Gasteiger partial charge in [0.05, 0.1) is 11.4 Å². The summed E-state index contributed by atoms with van der Waals surface area (Å²) in [5.74, 6) is 0. The van der Waals surface area contributed by atoms with Crippen LogP contribution < -0.4 is 0 Å². The highest BCUT2D eigenvalue weighted by atomic mass is 35.5. The van der Waals surface area contributed by atoms with E-state index in [0.29, 0.717) is 5.02 Å². The van der Waals surface area contributed by atoms with E-state index in [1.165, 1.54) is 11.1 Å². The monoisotopic (exact) mass is 379 g/mol. The summed E-state index contributed by atoms with van der Waals surface area (Å²) < 4.78 is 0. The van der Waals surface area contributed by atoms with E-state index in [9.17, 15) is 0 Å². The largest absolute Gasteiger partial charge is 0.248 e. The Bertz CT molecular complexity index is 947. The van der Waals surface area contributed by atoms with Gasteiger partial charge in [-0.25, -0.2) is 4.98 Å². The number of benzene rings is 2. The Labute approximate surface area is 164 Å². The minimum Gasteiger partial charge on any atom is -0.248 e. The Morgan fingerprint density at radius 1 is 0.846 bits per heavy atom. The molecule has 130 valence electrons. The maximum absolute atomic E-state index is 6.44. The molecular formula is C23H19Cl2N. The molecule has 3 heteroatoms. The predicted molar refractivity (Wildman–Crippen MR) is 112 cm³/mol. The molecule has 0 aliphatic heterocycles. The molecule has 2 aromatic carbocycles. The maximum Gasteiger partial charge on any atom is 0.0730 e. The van der Waals surface area contributed by atoms with E-state index in [4.69, 9.17) is 28.2 Å². The Morgan fingerprint density at radius 2 is 1.58 bits per heavy atom. The molecule has 0 N–H and O–H groups in total. The normalized spacial score (nSPS) is 17.0. The Morgan fingerprint density at radius 3 is 2.35 bits per heavy atom. The number of alkyl halides is 1. The summed E-state index contributed by atoms with van der Waals surface area (Å²) in [7, 11) is 0. The second-order valence-corrected chi connectivity index (χ2v) is 7.60. The molecule has 1 aliphatic carbocycles. The number of hydrogen-bond donors (Lipinski definition) is 0. The first kappa shape index (κ1) is 17.3. The van der Waals surface area contributed by atoms with Crippen molar-refractivity contribution >= 4 is 28.8 Å². The van der Waals surface area contributed by atoms with Crippen molar-refractivity contribution in [3.8, 4) is 22.5 Å². The zero-order chi connectivity index (χ0) is 17.9. The Kier molecular flexibility index (Phi) is 5.10. The number of hydrogen-bond acceptors (Lipinski definition) is 1. The van der Waals surface area contributed by atoms with Gasteiger partial charge < -0.3 is 0 Å². The third-order valence-electron chi connectivity index (χ3n) is 4.73. The molecule has 1 aliphatic rings. The molecule has 0 saturated heterocycles. The lowest BCUT2D eigenvalue weighted by Gasteiger charge is -2.19. The third kappa shape index (κ3) is 3.70. The molecule has 0 radical (unpaired) electrons. The van der Waals surface area contributed by atoms with Crippen molar-refractivity contribution in [1.82, 2.24) is 4.98 Å². The molecule has 4 rings (SSSR count). The average Bonchev–Trinajstić information content (AvgIpc) is 2.69. The van der Waals surface area contributed by atoms with Crippen LogP contribution in [0.1, 0.15) is 24.8 Å². The first-order valence-corrected chi connectivity index (χ1v) is 9.68. The van der Waals surface area contributed by atoms with Gasteiger partial charge in [0.1, 0.15) is 0 Å². The summed E-state index contributed by atoms with van der Waals surface area (Å²) in [6.07, 6.45) is 5.26. The minimum atomic E-state index is 0.201. The van der Waals surface area contributed by atoms with Crippen LogP contribution >= 0.6 is 23.2 Å². The van der Waals surface area contributed by atoms with E-state index >= 15 is 0 Å². The molecule has 0 amide bonds. The van der Waals surface area contributed by atoms with Crippen LogP contribution in [0.25, 0.3) is 28.1 Å². The number of nitrogens with zero attached hydrogens (tertiary/aromatic N) is 1. The van der Waals surface area contributed by atoms with Gasteiger partial charge in [0.25, 0.3) is 0 Å². The Balaban J connectivity index is 1.88. The highest BCUT2D eigenvalue weighted by Gasteiger charge is 2.17. The molecule has 1 unspecified atom stereocenters. The Hall–Kier alpha value is -2.09. The smallest absolute Gasteiger partial charge is 0.0730 e. The number of rotatable bonds is 3. The van der Waals surface area contributed by atoms with Crippen molar-refractivity contribution in [3.63, 3.8) is 0 Å². The van der Waals surface area contributed by atoms with Crippen LogP contribution in [0.3, 0.4) is 0 Å². The maximum atomic E-state index is 6.44. The molecule has 0 spiro atoms. The van der Waals surface area contributed by atoms with Crippen molar-refractivity contribution in [2.24, 2.45) is 0 Å². The van der Waals surface area contributed by atoms with E-state index in [-0.39, 0.29) is 5.38 Å². The second kappa shape index (κ2) is 7.65. The minimum absolute atomic E-state index is 0.201. The molecular weight excluding hydrogens is 361 g/mol. The van der Waals surface area contributed by atoms with Gasteiger partial charge in [0.2, 0.25) is 0 Å². The van der Waals surface area contributed by atoms with Crippen LogP contribution in [0, 0.1) is 0 Å². The van der Waals surface area contributed by atoms with Crippen molar-refractivity contribution in [2.75, 3.05) is 0 Å². The lowest BCUT2D eigenvalue weighted by Crippen LogP contribution is -2.05. The summed E-state index contributed by atoms with van der Waals surface area (Å²) in [6.45, 7) is 0. The van der Waals surface area contributed by atoms with E-state index in [1.807, 2.05) is 42.5 Å². The van der Waals surface area contributed by atoms with Crippen LogP contribution in [0.4, 0.5) is 0 Å². The third-order valence-corrected chi connectivity index (χ3v) is 5.43. The fourth-order valence-electron chi connectivity index (χ4n) is 3.38. The van der Waals surface area contributed by atoms with Crippen LogP contribution in [0.5, 0.6) is 0 Å². The van der Waals surface area contributed by atoms with Crippen molar-refractivity contribution in [2.45, 2.75) is 24.6 Å². The fraction of sp³-hybridized carbons (Fsp3) is 0.174. The molecule has 0 saturated carbocycles. The standard InChI is InChI=1S/C23H19Cl2N/c24-19-10-6-9-17(13-19)18-14-22(16-7-2-1-3-8-16)26-23(15-18)20-11-4-5-12-21(20)25/h1-5,7-9,11-12,14-15,19H,6,10,13H2. The molecule has 3 aromatic rings. The number of allylic oxidation sites excluding steroid dienone is 2. The van der Waals surface area contributed by atoms with Gasteiger partial charge in [-0.15, -0.1) is 11.6 Å². The summed E-state index contributed by atoms with van der Waals surface area (Å²) in [6, 6.07) is 22.4. The van der Waals surface area contributed by atoms with Gasteiger partial charge in [-0.2, -0.15) is 0 Å². The average molecular weight is 380 g/mol. The highest BCUT2D eigenvalue weighted by Crippen LogP contribution is 2.35. The van der Waals surface area contributed by atoms with Crippen LogP contribution in [-0.4, -0.2) is 10.4 Å². The number of pyridine rings is 1. The van der Waals surface area contributed by atoms with Crippen molar-refractivity contribution in [1.29, 1.82) is 0 Å². The van der Waals surface area contributed by atoms with Crippen LogP contribution in [0.15, 0.2) is 72.8 Å². The van der Waals surface area contributed by atoms with Gasteiger partial charge in [-0.3, -0.25) is 0 Å². The predicted octanol–water partition coefficient (Wildman–Crippen LogP) is 7.24. The molecule has 26 heavy (non-hydrogen) atoms. The first-order valence-electron chi connectivity index (χ1n) is 8.86. The van der Waals surface area contributed by atoms with Crippen LogP contribution in [-0.2, 0) is 0 Å². The van der Waals surface area contributed by atoms with Gasteiger partial charge in [-0.05, 0) is 48.6 Å².